The molecule has 1 fully saturated rings. The highest BCUT2D eigenvalue weighted by Gasteiger charge is 2.25. The first-order valence-electron chi connectivity index (χ1n) is 10.2. The van der Waals surface area contributed by atoms with E-state index in [9.17, 15) is 17.9 Å². The van der Waals surface area contributed by atoms with Crippen LogP contribution in [0.15, 0.2) is 53.6 Å². The molecule has 0 spiro atoms. The Morgan fingerprint density at radius 1 is 1.15 bits per heavy atom. The van der Waals surface area contributed by atoms with Gasteiger partial charge in [-0.25, -0.2) is 14.4 Å². The second kappa shape index (κ2) is 9.60. The number of rotatable bonds is 6. The molecule has 1 saturated heterocycles. The fourth-order valence-corrected chi connectivity index (χ4v) is 4.60. The van der Waals surface area contributed by atoms with Gasteiger partial charge in [0.15, 0.2) is 5.03 Å². The average Bonchev–Trinajstić information content (AvgIpc) is 2.78. The molecular formula is C22H22ClFN4O4S. The van der Waals surface area contributed by atoms with Crippen molar-refractivity contribution in [3.8, 4) is 11.3 Å². The largest absolute Gasteiger partial charge is 0.391 e. The highest BCUT2D eigenvalue weighted by atomic mass is 35.5. The van der Waals surface area contributed by atoms with Crippen molar-refractivity contribution >= 4 is 33.3 Å². The van der Waals surface area contributed by atoms with E-state index in [-0.39, 0.29) is 34.0 Å². The molecule has 3 N–H and O–H groups in total. The van der Waals surface area contributed by atoms with E-state index in [4.69, 9.17) is 16.3 Å². The van der Waals surface area contributed by atoms with Crippen LogP contribution in [0.4, 0.5) is 16.0 Å². The van der Waals surface area contributed by atoms with E-state index in [1.807, 2.05) is 0 Å². The quantitative estimate of drug-likeness (QED) is 0.481. The van der Waals surface area contributed by atoms with Crippen LogP contribution in [0.3, 0.4) is 0 Å². The topological polar surface area (TPSA) is 113 Å². The van der Waals surface area contributed by atoms with Crippen molar-refractivity contribution in [2.75, 3.05) is 23.3 Å². The van der Waals surface area contributed by atoms with Crippen LogP contribution < -0.4 is 10.0 Å². The molecule has 0 aliphatic carbocycles. The highest BCUT2D eigenvalue weighted by molar-refractivity contribution is 7.92. The van der Waals surface area contributed by atoms with Crippen LogP contribution in [0.2, 0.25) is 5.02 Å². The van der Waals surface area contributed by atoms with Crippen molar-refractivity contribution in [3.05, 3.63) is 64.9 Å². The van der Waals surface area contributed by atoms with Crippen molar-refractivity contribution < 1.29 is 22.7 Å². The van der Waals surface area contributed by atoms with Crippen LogP contribution in [-0.4, -0.2) is 48.9 Å². The lowest BCUT2D eigenvalue weighted by Crippen LogP contribution is -2.42. The number of aliphatic hydroxyl groups is 1. The summed E-state index contributed by atoms with van der Waals surface area (Å²) in [6.07, 6.45) is -0.144. The van der Waals surface area contributed by atoms with Gasteiger partial charge in [0.2, 0.25) is 0 Å². The van der Waals surface area contributed by atoms with Gasteiger partial charge in [0.05, 0.1) is 29.5 Å². The van der Waals surface area contributed by atoms with Gasteiger partial charge in [-0.05, 0) is 55.3 Å². The monoisotopic (exact) mass is 492 g/mol. The van der Waals surface area contributed by atoms with Gasteiger partial charge in [-0.1, -0.05) is 23.7 Å². The van der Waals surface area contributed by atoms with E-state index in [1.165, 1.54) is 36.4 Å². The Balaban J connectivity index is 1.59. The second-order valence-corrected chi connectivity index (χ2v) is 9.67. The van der Waals surface area contributed by atoms with E-state index in [0.29, 0.717) is 18.6 Å². The number of aromatic nitrogens is 2. The van der Waals surface area contributed by atoms with E-state index in [1.54, 1.807) is 19.1 Å². The number of hydrogen-bond acceptors (Lipinski definition) is 7. The third kappa shape index (κ3) is 5.41. The summed E-state index contributed by atoms with van der Waals surface area (Å²) in [5.74, 6) is -0.164. The molecule has 0 amide bonds. The SMILES string of the molecule is Cc1ccc(F)cc1-c1nc(NS(=O)(=O)c2cccc(N[C@@H]3COCC[C@H]3O)n2)ccc1Cl. The first kappa shape index (κ1) is 23.4. The standard InChI is InChI=1S/C22H22ClFN4O4S/c1-13-5-6-14(24)11-15(13)22-16(23)7-8-20(27-22)28-33(30,31)21-4-2-3-19(26-21)25-17-12-32-10-9-18(17)29/h2-8,11,17-18,29H,9-10,12H2,1H3,(H,25,26)(H,27,28)/t17-,18-/m1/s1. The summed E-state index contributed by atoms with van der Waals surface area (Å²) >= 11 is 6.26. The van der Waals surface area contributed by atoms with Crippen molar-refractivity contribution in [1.82, 2.24) is 9.97 Å². The first-order chi connectivity index (χ1) is 15.7. The van der Waals surface area contributed by atoms with Crippen molar-refractivity contribution in [3.63, 3.8) is 0 Å². The Labute approximate surface area is 195 Å². The van der Waals surface area contributed by atoms with Gasteiger partial charge in [0.1, 0.15) is 17.5 Å². The fraction of sp³-hybridized carbons (Fsp3) is 0.273. The van der Waals surface area contributed by atoms with E-state index in [0.717, 1.165) is 5.56 Å². The van der Waals surface area contributed by atoms with Gasteiger partial charge in [0.25, 0.3) is 10.0 Å². The maximum absolute atomic E-state index is 13.8. The molecule has 0 saturated carbocycles. The first-order valence-corrected chi connectivity index (χ1v) is 12.0. The number of pyridine rings is 2. The number of aliphatic hydroxyl groups excluding tert-OH is 1. The molecule has 2 aromatic heterocycles. The predicted molar refractivity (Wildman–Crippen MR) is 123 cm³/mol. The smallest absolute Gasteiger partial charge is 0.280 e. The molecule has 0 radical (unpaired) electrons. The number of nitrogens with one attached hydrogen (secondary N) is 2. The Kier molecular flexibility index (Phi) is 6.80. The number of benzene rings is 1. The van der Waals surface area contributed by atoms with Crippen molar-refractivity contribution in [2.24, 2.45) is 0 Å². The summed E-state index contributed by atoms with van der Waals surface area (Å²) in [5, 5.41) is 13.1. The van der Waals surface area contributed by atoms with E-state index >= 15 is 0 Å². The molecular weight excluding hydrogens is 471 g/mol. The van der Waals surface area contributed by atoms with Crippen LogP contribution in [0.1, 0.15) is 12.0 Å². The maximum Gasteiger partial charge on any atom is 0.280 e. The number of anilines is 2. The highest BCUT2D eigenvalue weighted by Crippen LogP contribution is 2.31. The zero-order valence-corrected chi connectivity index (χ0v) is 19.2. The van der Waals surface area contributed by atoms with Gasteiger partial charge < -0.3 is 15.2 Å². The van der Waals surface area contributed by atoms with Crippen molar-refractivity contribution in [1.29, 1.82) is 0 Å². The maximum atomic E-state index is 13.8. The third-order valence-electron chi connectivity index (χ3n) is 5.19. The number of aryl methyl sites for hydroxylation is 1. The molecule has 0 bridgehead atoms. The second-order valence-electron chi connectivity index (χ2n) is 7.63. The zero-order chi connectivity index (χ0) is 23.6. The molecule has 11 heteroatoms. The molecule has 1 aliphatic heterocycles. The molecule has 1 aromatic carbocycles. The third-order valence-corrected chi connectivity index (χ3v) is 6.75. The van der Waals surface area contributed by atoms with Gasteiger partial charge in [-0.15, -0.1) is 0 Å². The van der Waals surface area contributed by atoms with Crippen LogP contribution in [0.5, 0.6) is 0 Å². The van der Waals surface area contributed by atoms with Crippen LogP contribution in [0, 0.1) is 12.7 Å². The lowest BCUT2D eigenvalue weighted by molar-refractivity contribution is 0.00303. The summed E-state index contributed by atoms with van der Waals surface area (Å²) in [7, 11) is -4.09. The number of ether oxygens (including phenoxy) is 1. The molecule has 174 valence electrons. The van der Waals surface area contributed by atoms with E-state index < -0.39 is 28.0 Å². The van der Waals surface area contributed by atoms with Gasteiger partial charge in [-0.3, -0.25) is 4.72 Å². The van der Waals surface area contributed by atoms with Gasteiger partial charge in [-0.2, -0.15) is 8.42 Å². The average molecular weight is 493 g/mol. The van der Waals surface area contributed by atoms with Gasteiger partial charge >= 0.3 is 0 Å². The Morgan fingerprint density at radius 2 is 1.97 bits per heavy atom. The Bertz CT molecular complexity index is 1280. The van der Waals surface area contributed by atoms with E-state index in [2.05, 4.69) is 20.0 Å². The molecule has 4 rings (SSSR count). The minimum absolute atomic E-state index is 0.00864. The number of hydrogen-bond donors (Lipinski definition) is 3. The van der Waals surface area contributed by atoms with Gasteiger partial charge in [0, 0.05) is 12.2 Å². The van der Waals surface area contributed by atoms with Crippen molar-refractivity contribution in [2.45, 2.75) is 30.5 Å². The molecule has 2 atom stereocenters. The Morgan fingerprint density at radius 3 is 2.76 bits per heavy atom. The summed E-state index contributed by atoms with van der Waals surface area (Å²) in [6, 6.07) is 11.2. The summed E-state index contributed by atoms with van der Waals surface area (Å²) in [4.78, 5) is 8.46. The molecule has 33 heavy (non-hydrogen) atoms. The predicted octanol–water partition coefficient (Wildman–Crippen LogP) is 3.61. The summed E-state index contributed by atoms with van der Waals surface area (Å²) in [5.41, 5.74) is 1.45. The minimum atomic E-state index is -4.09. The number of halogens is 2. The minimum Gasteiger partial charge on any atom is -0.391 e. The van der Waals surface area contributed by atoms with Crippen LogP contribution >= 0.6 is 11.6 Å². The molecule has 8 nitrogen and oxygen atoms in total. The lowest BCUT2D eigenvalue weighted by Gasteiger charge is -2.28. The summed E-state index contributed by atoms with van der Waals surface area (Å²) in [6.45, 7) is 2.53. The fourth-order valence-electron chi connectivity index (χ4n) is 3.43. The normalized spacial score (nSPS) is 18.7. The Hall–Kier alpha value is -2.79. The number of nitrogens with zero attached hydrogens (tertiary/aromatic N) is 2. The van der Waals surface area contributed by atoms with Crippen LogP contribution in [-0.2, 0) is 14.8 Å². The summed E-state index contributed by atoms with van der Waals surface area (Å²) < 4.78 is 47.4. The molecule has 3 heterocycles. The molecule has 0 unspecified atom stereocenters. The van der Waals surface area contributed by atoms with Crippen LogP contribution in [0.25, 0.3) is 11.3 Å². The molecule has 1 aliphatic rings. The molecule has 3 aromatic rings. The lowest BCUT2D eigenvalue weighted by atomic mass is 10.0. The zero-order valence-electron chi connectivity index (χ0n) is 17.6. The number of sulfonamides is 1.